The molecular formula is C32H36F8O3. The van der Waals surface area contributed by atoms with Crippen molar-refractivity contribution in [1.82, 2.24) is 0 Å². The van der Waals surface area contributed by atoms with Crippen LogP contribution in [-0.2, 0) is 15.4 Å². The van der Waals surface area contributed by atoms with Crippen LogP contribution in [0.25, 0.3) is 0 Å². The van der Waals surface area contributed by atoms with E-state index in [9.17, 15) is 30.7 Å². The van der Waals surface area contributed by atoms with E-state index in [1.165, 1.54) is 6.07 Å². The largest absolute Gasteiger partial charge is 0.432 e. The molecule has 5 rings (SSSR count). The van der Waals surface area contributed by atoms with Gasteiger partial charge in [0.2, 0.25) is 0 Å². The minimum absolute atomic E-state index is 0.0737. The van der Waals surface area contributed by atoms with Crippen molar-refractivity contribution in [2.45, 2.75) is 82.5 Å². The highest BCUT2D eigenvalue weighted by Crippen LogP contribution is 2.47. The number of rotatable bonds is 8. The Morgan fingerprint density at radius 1 is 0.767 bits per heavy atom. The minimum Gasteiger partial charge on any atom is -0.432 e. The van der Waals surface area contributed by atoms with Gasteiger partial charge >= 0.3 is 12.0 Å². The molecular weight excluding hydrogens is 584 g/mol. The van der Waals surface area contributed by atoms with Crippen molar-refractivity contribution in [2.24, 2.45) is 23.7 Å². The molecule has 1 saturated heterocycles. The van der Waals surface area contributed by atoms with Crippen LogP contribution in [0.1, 0.15) is 87.2 Å². The minimum atomic E-state index is -4.43. The summed E-state index contributed by atoms with van der Waals surface area (Å²) in [6.45, 7) is 0.805. The van der Waals surface area contributed by atoms with Crippen LogP contribution in [0, 0.1) is 41.1 Å². The molecule has 0 N–H and O–H groups in total. The lowest BCUT2D eigenvalue weighted by molar-refractivity contribution is -0.224. The summed E-state index contributed by atoms with van der Waals surface area (Å²) in [5, 5.41) is 0. The number of halogens is 8. The number of ether oxygens (including phenoxy) is 3. The maximum Gasteiger partial charge on any atom is 0.400 e. The van der Waals surface area contributed by atoms with Gasteiger partial charge in [-0.2, -0.15) is 17.6 Å². The predicted molar refractivity (Wildman–Crippen MR) is 142 cm³/mol. The Hall–Kier alpha value is -2.40. The van der Waals surface area contributed by atoms with E-state index in [2.05, 4.69) is 4.74 Å². The van der Waals surface area contributed by atoms with E-state index in [1.54, 1.807) is 0 Å². The molecule has 238 valence electrons. The molecule has 0 aromatic heterocycles. The molecule has 0 amide bonds. The van der Waals surface area contributed by atoms with Gasteiger partial charge in [0.05, 0.1) is 24.7 Å². The summed E-state index contributed by atoms with van der Waals surface area (Å²) in [7, 11) is 0. The zero-order chi connectivity index (χ0) is 30.9. The number of hydrogen-bond acceptors (Lipinski definition) is 3. The van der Waals surface area contributed by atoms with Crippen LogP contribution < -0.4 is 4.74 Å². The molecule has 2 saturated carbocycles. The van der Waals surface area contributed by atoms with Gasteiger partial charge in [0.25, 0.3) is 0 Å². The molecule has 11 heteroatoms. The van der Waals surface area contributed by atoms with Crippen LogP contribution in [0.3, 0.4) is 0 Å². The molecule has 0 radical (unpaired) electrons. The first-order valence-electron chi connectivity index (χ1n) is 14.9. The summed E-state index contributed by atoms with van der Waals surface area (Å²) in [4.78, 5) is 0. The van der Waals surface area contributed by atoms with Crippen molar-refractivity contribution in [2.75, 3.05) is 19.9 Å². The molecule has 2 aromatic carbocycles. The molecule has 0 atom stereocenters. The topological polar surface area (TPSA) is 27.7 Å². The van der Waals surface area contributed by atoms with Gasteiger partial charge in [-0.05, 0) is 80.8 Å². The van der Waals surface area contributed by atoms with Crippen LogP contribution in [0.15, 0.2) is 30.3 Å². The standard InChI is InChI=1S/C32H36F8O3/c1-18-15-41-30(42-16-18)22-8-11-25(26(34)12-22)21-4-2-19(3-5-21)20-6-9-23(10-7-20)32(39,40)43-24-13-27(35)29(28(36)14-24)31(37,38)17-33/h8,11-14,18-21,23,30H,2-7,9-10,15-17H2,1H3. The maximum absolute atomic E-state index is 15.1. The molecule has 3 nitrogen and oxygen atoms in total. The van der Waals surface area contributed by atoms with Gasteiger partial charge in [0.1, 0.15) is 23.2 Å². The van der Waals surface area contributed by atoms with Gasteiger partial charge in [-0.25, -0.2) is 17.6 Å². The fraction of sp³-hybridized carbons (Fsp3) is 0.625. The summed E-state index contributed by atoms with van der Waals surface area (Å²) in [6.07, 6.45) is 0.254. The Morgan fingerprint density at radius 3 is 1.86 bits per heavy atom. The molecule has 3 aliphatic rings. The van der Waals surface area contributed by atoms with Crippen LogP contribution in [0.5, 0.6) is 5.75 Å². The highest BCUT2D eigenvalue weighted by atomic mass is 19.3. The van der Waals surface area contributed by atoms with Gasteiger partial charge in [-0.15, -0.1) is 0 Å². The third-order valence-electron chi connectivity index (χ3n) is 9.29. The van der Waals surface area contributed by atoms with Crippen molar-refractivity contribution in [3.8, 4) is 5.75 Å². The van der Waals surface area contributed by atoms with Crippen molar-refractivity contribution in [3.05, 3.63) is 64.5 Å². The molecule has 3 fully saturated rings. The lowest BCUT2D eigenvalue weighted by Gasteiger charge is -2.39. The predicted octanol–water partition coefficient (Wildman–Crippen LogP) is 9.60. The lowest BCUT2D eigenvalue weighted by Crippen LogP contribution is -2.38. The molecule has 2 aromatic rings. The summed E-state index contributed by atoms with van der Waals surface area (Å²) in [5.41, 5.74) is -0.495. The van der Waals surface area contributed by atoms with Crippen LogP contribution in [-0.4, -0.2) is 26.0 Å². The van der Waals surface area contributed by atoms with Gasteiger partial charge in [-0.3, -0.25) is 0 Å². The first-order chi connectivity index (χ1) is 20.4. The first kappa shape index (κ1) is 32.0. The quantitative estimate of drug-likeness (QED) is 0.275. The fourth-order valence-corrected chi connectivity index (χ4v) is 6.91. The molecule has 0 unspecified atom stereocenters. The maximum atomic E-state index is 15.1. The molecule has 1 heterocycles. The van der Waals surface area contributed by atoms with E-state index in [4.69, 9.17) is 9.47 Å². The second-order valence-electron chi connectivity index (χ2n) is 12.4. The first-order valence-corrected chi connectivity index (χ1v) is 14.9. The Balaban J connectivity index is 1.12. The number of hydrogen-bond donors (Lipinski definition) is 0. The summed E-state index contributed by atoms with van der Waals surface area (Å²) >= 11 is 0. The van der Waals surface area contributed by atoms with E-state index in [-0.39, 0.29) is 42.6 Å². The van der Waals surface area contributed by atoms with E-state index < -0.39 is 53.9 Å². The number of alkyl halides is 5. The Kier molecular flexibility index (Phi) is 9.61. The van der Waals surface area contributed by atoms with Crippen LogP contribution in [0.2, 0.25) is 0 Å². The highest BCUT2D eigenvalue weighted by Gasteiger charge is 2.46. The monoisotopic (exact) mass is 620 g/mol. The van der Waals surface area contributed by atoms with E-state index in [0.717, 1.165) is 25.7 Å². The summed E-state index contributed by atoms with van der Waals surface area (Å²) in [5.74, 6) is -9.65. The highest BCUT2D eigenvalue weighted by molar-refractivity contribution is 5.33. The summed E-state index contributed by atoms with van der Waals surface area (Å²) < 4.78 is 129. The van der Waals surface area contributed by atoms with Gasteiger partial charge < -0.3 is 14.2 Å². The zero-order valence-electron chi connectivity index (χ0n) is 23.9. The Morgan fingerprint density at radius 2 is 1.33 bits per heavy atom. The second kappa shape index (κ2) is 12.9. The van der Waals surface area contributed by atoms with E-state index >= 15 is 4.39 Å². The normalized spacial score (nSPS) is 29.0. The van der Waals surface area contributed by atoms with Crippen molar-refractivity contribution < 1.29 is 49.3 Å². The molecule has 43 heavy (non-hydrogen) atoms. The second-order valence-corrected chi connectivity index (χ2v) is 12.4. The zero-order valence-corrected chi connectivity index (χ0v) is 23.9. The lowest BCUT2D eigenvalue weighted by atomic mass is 9.68. The summed E-state index contributed by atoms with van der Waals surface area (Å²) in [6, 6.07) is 5.61. The molecule has 2 aliphatic carbocycles. The van der Waals surface area contributed by atoms with Gasteiger partial charge in [-0.1, -0.05) is 19.1 Å². The van der Waals surface area contributed by atoms with Crippen LogP contribution in [0.4, 0.5) is 35.1 Å². The average molecular weight is 621 g/mol. The SMILES string of the molecule is CC1COC(c2ccc(C3CCC(C4CCC(C(F)(F)Oc5cc(F)c(C(F)(F)CF)c(F)c5)CC4)CC3)c(F)c2)OC1. The third kappa shape index (κ3) is 7.13. The third-order valence-corrected chi connectivity index (χ3v) is 9.29. The van der Waals surface area contributed by atoms with E-state index in [0.29, 0.717) is 49.0 Å². The number of benzene rings is 2. The molecule has 1 aliphatic heterocycles. The van der Waals surface area contributed by atoms with Gasteiger partial charge in [0, 0.05) is 23.6 Å². The Labute approximate surface area is 245 Å². The Bertz CT molecular complexity index is 1220. The van der Waals surface area contributed by atoms with Crippen LogP contribution >= 0.6 is 0 Å². The molecule has 0 bridgehead atoms. The van der Waals surface area contributed by atoms with E-state index in [1.807, 2.05) is 19.1 Å². The van der Waals surface area contributed by atoms with Crippen molar-refractivity contribution >= 4 is 0 Å². The van der Waals surface area contributed by atoms with Crippen molar-refractivity contribution in [3.63, 3.8) is 0 Å². The average Bonchev–Trinajstić information content (AvgIpc) is 2.97. The molecule has 0 spiro atoms. The van der Waals surface area contributed by atoms with Crippen molar-refractivity contribution in [1.29, 1.82) is 0 Å². The smallest absolute Gasteiger partial charge is 0.400 e. The van der Waals surface area contributed by atoms with Gasteiger partial charge in [0.15, 0.2) is 13.0 Å². The fourth-order valence-electron chi connectivity index (χ4n) is 6.91.